The summed E-state index contributed by atoms with van der Waals surface area (Å²) >= 11 is 0. The van der Waals surface area contributed by atoms with Gasteiger partial charge >= 0.3 is 11.9 Å². The number of carbonyl (C=O) groups excluding carboxylic acids is 4. The molecule has 1 aromatic carbocycles. The maximum atomic E-state index is 12.9. The fourth-order valence-electron chi connectivity index (χ4n) is 3.05. The minimum Gasteiger partial charge on any atom is -0.481 e. The van der Waals surface area contributed by atoms with Crippen LogP contribution < -0.4 is 27.4 Å². The van der Waals surface area contributed by atoms with E-state index in [2.05, 4.69) is 16.0 Å². The number of hydrogen-bond acceptors (Lipinski definition) is 8. The van der Waals surface area contributed by atoms with Crippen molar-refractivity contribution >= 4 is 35.6 Å². The third-order valence-corrected chi connectivity index (χ3v) is 5.02. The van der Waals surface area contributed by atoms with Crippen LogP contribution in [0.1, 0.15) is 31.2 Å². The van der Waals surface area contributed by atoms with E-state index < -0.39 is 79.2 Å². The normalized spacial score (nSPS) is 13.9. The molecular formula is C22H31N5O9. The van der Waals surface area contributed by atoms with Crippen molar-refractivity contribution < 1.29 is 44.1 Å². The van der Waals surface area contributed by atoms with Crippen molar-refractivity contribution in [3.63, 3.8) is 0 Å². The Morgan fingerprint density at radius 2 is 1.28 bits per heavy atom. The number of benzene rings is 1. The van der Waals surface area contributed by atoms with Gasteiger partial charge in [-0.3, -0.25) is 24.0 Å². The van der Waals surface area contributed by atoms with Crippen LogP contribution in [0.25, 0.3) is 0 Å². The van der Waals surface area contributed by atoms with Gasteiger partial charge in [0.05, 0.1) is 6.61 Å². The Balaban J connectivity index is 3.04. The van der Waals surface area contributed by atoms with E-state index in [1.54, 1.807) is 30.3 Å². The Labute approximate surface area is 206 Å². The van der Waals surface area contributed by atoms with Crippen LogP contribution >= 0.6 is 0 Å². The highest BCUT2D eigenvalue weighted by Gasteiger charge is 2.30. The summed E-state index contributed by atoms with van der Waals surface area (Å²) in [5, 5.41) is 34.4. The number of nitrogens with two attached hydrogens (primary N) is 2. The predicted octanol–water partition coefficient (Wildman–Crippen LogP) is -2.78. The Bertz CT molecular complexity index is 941. The molecule has 0 bridgehead atoms. The first kappa shape index (κ1) is 30.0. The van der Waals surface area contributed by atoms with Crippen LogP contribution in [0.3, 0.4) is 0 Å². The van der Waals surface area contributed by atoms with Gasteiger partial charge in [0.2, 0.25) is 23.6 Å². The Kier molecular flexibility index (Phi) is 12.5. The number of carboxylic acids is 2. The van der Waals surface area contributed by atoms with Gasteiger partial charge in [0.15, 0.2) is 0 Å². The topological polar surface area (TPSA) is 251 Å². The third kappa shape index (κ3) is 10.9. The van der Waals surface area contributed by atoms with Crippen molar-refractivity contribution in [2.75, 3.05) is 6.61 Å². The molecule has 0 fully saturated rings. The molecule has 0 aromatic heterocycles. The van der Waals surface area contributed by atoms with Crippen LogP contribution in [0.2, 0.25) is 0 Å². The summed E-state index contributed by atoms with van der Waals surface area (Å²) in [6.07, 6.45) is -1.60. The number of hydrogen-bond donors (Lipinski definition) is 8. The second-order valence-corrected chi connectivity index (χ2v) is 7.94. The molecule has 0 aliphatic rings. The Morgan fingerprint density at radius 1 is 0.778 bits per heavy atom. The molecule has 0 saturated carbocycles. The number of nitrogens with one attached hydrogen (secondary N) is 3. The zero-order valence-electron chi connectivity index (χ0n) is 19.4. The van der Waals surface area contributed by atoms with Gasteiger partial charge in [0.25, 0.3) is 0 Å². The van der Waals surface area contributed by atoms with E-state index in [4.69, 9.17) is 21.7 Å². The van der Waals surface area contributed by atoms with Crippen molar-refractivity contribution in [2.24, 2.45) is 11.5 Å². The summed E-state index contributed by atoms with van der Waals surface area (Å²) in [5.74, 6) is -6.23. The number of aliphatic carboxylic acids is 2. The number of amides is 4. The van der Waals surface area contributed by atoms with Crippen LogP contribution in [0.15, 0.2) is 30.3 Å². The average Bonchev–Trinajstić information content (AvgIpc) is 2.83. The van der Waals surface area contributed by atoms with Gasteiger partial charge < -0.3 is 42.7 Å². The molecule has 0 aliphatic heterocycles. The highest BCUT2D eigenvalue weighted by Crippen LogP contribution is 2.07. The fourth-order valence-corrected chi connectivity index (χ4v) is 3.05. The average molecular weight is 510 g/mol. The lowest BCUT2D eigenvalue weighted by atomic mass is 10.0. The van der Waals surface area contributed by atoms with Crippen molar-refractivity contribution in [3.05, 3.63) is 35.9 Å². The lowest BCUT2D eigenvalue weighted by Crippen LogP contribution is -2.57. The molecular weight excluding hydrogens is 478 g/mol. The molecule has 14 nitrogen and oxygen atoms in total. The number of primary amides is 1. The summed E-state index contributed by atoms with van der Waals surface area (Å²) in [6, 6.07) is 2.81. The van der Waals surface area contributed by atoms with Crippen molar-refractivity contribution in [3.8, 4) is 0 Å². The smallest absolute Gasteiger partial charge is 0.326 e. The van der Waals surface area contributed by atoms with E-state index >= 15 is 0 Å². The van der Waals surface area contributed by atoms with Crippen LogP contribution in [0.4, 0.5) is 0 Å². The fraction of sp³-hybridized carbons (Fsp3) is 0.455. The van der Waals surface area contributed by atoms with Crippen LogP contribution in [-0.2, 0) is 35.2 Å². The molecule has 4 atom stereocenters. The lowest BCUT2D eigenvalue weighted by molar-refractivity contribution is -0.143. The van der Waals surface area contributed by atoms with E-state index in [-0.39, 0.29) is 19.3 Å². The van der Waals surface area contributed by atoms with Gasteiger partial charge in [0.1, 0.15) is 24.2 Å². The van der Waals surface area contributed by atoms with E-state index in [1.807, 2.05) is 0 Å². The van der Waals surface area contributed by atoms with Crippen LogP contribution in [0, 0.1) is 0 Å². The standard InChI is InChI=1S/C22H31N5O9/c23-13(11-28)19(32)25-14(6-8-17(24)29)20(33)26-15(7-9-18(30)31)21(34)27-16(22(35)36)10-12-4-2-1-3-5-12/h1-5,13-16,28H,6-11,23H2,(H2,24,29)(H,25,32)(H,26,33)(H,27,34)(H,30,31)(H,35,36). The van der Waals surface area contributed by atoms with Crippen molar-refractivity contribution in [2.45, 2.75) is 56.3 Å². The zero-order valence-corrected chi connectivity index (χ0v) is 19.4. The molecule has 0 spiro atoms. The van der Waals surface area contributed by atoms with E-state index in [0.29, 0.717) is 5.56 Å². The van der Waals surface area contributed by atoms with Crippen molar-refractivity contribution in [1.29, 1.82) is 0 Å². The number of aliphatic hydroxyl groups is 1. The zero-order chi connectivity index (χ0) is 27.3. The summed E-state index contributed by atoms with van der Waals surface area (Å²) in [4.78, 5) is 71.7. The van der Waals surface area contributed by atoms with Gasteiger partial charge in [-0.15, -0.1) is 0 Å². The second kappa shape index (κ2) is 15.1. The Morgan fingerprint density at radius 3 is 1.75 bits per heavy atom. The monoisotopic (exact) mass is 509 g/mol. The van der Waals surface area contributed by atoms with Gasteiger partial charge in [-0.2, -0.15) is 0 Å². The first-order valence-electron chi connectivity index (χ1n) is 11.0. The number of carbonyl (C=O) groups is 6. The van der Waals surface area contributed by atoms with E-state index in [0.717, 1.165) is 0 Å². The third-order valence-electron chi connectivity index (χ3n) is 5.02. The SMILES string of the molecule is NC(=O)CCC(NC(=O)C(N)CO)C(=O)NC(CCC(=O)O)C(=O)NC(Cc1ccccc1)C(=O)O. The number of carboxylic acid groups (broad SMARTS) is 2. The largest absolute Gasteiger partial charge is 0.481 e. The van der Waals surface area contributed by atoms with Gasteiger partial charge in [-0.1, -0.05) is 30.3 Å². The molecule has 0 radical (unpaired) electrons. The van der Waals surface area contributed by atoms with Crippen LogP contribution in [0.5, 0.6) is 0 Å². The predicted molar refractivity (Wildman–Crippen MR) is 124 cm³/mol. The summed E-state index contributed by atoms with van der Waals surface area (Å²) in [6.45, 7) is -0.725. The maximum Gasteiger partial charge on any atom is 0.326 e. The molecule has 0 aliphatic carbocycles. The summed E-state index contributed by atoms with van der Waals surface area (Å²) in [7, 11) is 0. The number of rotatable bonds is 16. The molecule has 0 saturated heterocycles. The highest BCUT2D eigenvalue weighted by molar-refractivity contribution is 5.94. The summed E-state index contributed by atoms with van der Waals surface area (Å²) < 4.78 is 0. The first-order valence-corrected chi connectivity index (χ1v) is 11.0. The van der Waals surface area contributed by atoms with E-state index in [1.165, 1.54) is 0 Å². The molecule has 14 heteroatoms. The maximum absolute atomic E-state index is 12.9. The lowest BCUT2D eigenvalue weighted by Gasteiger charge is -2.25. The quantitative estimate of drug-likeness (QED) is 0.114. The minimum absolute atomic E-state index is 0.0716. The van der Waals surface area contributed by atoms with Gasteiger partial charge in [-0.05, 0) is 18.4 Å². The van der Waals surface area contributed by atoms with E-state index in [9.17, 15) is 33.9 Å². The first-order chi connectivity index (χ1) is 16.9. The molecule has 4 unspecified atom stereocenters. The molecule has 1 aromatic rings. The van der Waals surface area contributed by atoms with Gasteiger partial charge in [0, 0.05) is 19.3 Å². The van der Waals surface area contributed by atoms with Crippen LogP contribution in [-0.4, -0.2) is 81.7 Å². The number of aliphatic hydroxyl groups excluding tert-OH is 1. The highest BCUT2D eigenvalue weighted by atomic mass is 16.4. The van der Waals surface area contributed by atoms with Crippen molar-refractivity contribution in [1.82, 2.24) is 16.0 Å². The summed E-state index contributed by atoms with van der Waals surface area (Å²) in [5.41, 5.74) is 11.1. The minimum atomic E-state index is -1.48. The molecule has 198 valence electrons. The van der Waals surface area contributed by atoms with Gasteiger partial charge in [-0.25, -0.2) is 4.79 Å². The molecule has 10 N–H and O–H groups in total. The molecule has 36 heavy (non-hydrogen) atoms. The molecule has 0 heterocycles. The molecule has 4 amide bonds. The Hall–Kier alpha value is -4.04. The molecule has 1 rings (SSSR count). The second-order valence-electron chi connectivity index (χ2n) is 7.94.